The summed E-state index contributed by atoms with van der Waals surface area (Å²) in [6.45, 7) is 0. The summed E-state index contributed by atoms with van der Waals surface area (Å²) in [4.78, 5) is 38.4. The number of carbonyl (C=O) groups is 3. The Hall–Kier alpha value is -2.18. The lowest BCUT2D eigenvalue weighted by Crippen LogP contribution is -2.46. The maximum atomic E-state index is 12.7. The number of halogens is 3. The molecule has 0 aromatic heterocycles. The van der Waals surface area contributed by atoms with Crippen LogP contribution in [0.15, 0.2) is 24.3 Å². The van der Waals surface area contributed by atoms with Crippen LogP contribution in [0.1, 0.15) is 24.8 Å². The number of alkyl halides is 3. The van der Waals surface area contributed by atoms with Crippen LogP contribution in [0, 0.1) is 23.7 Å². The summed E-state index contributed by atoms with van der Waals surface area (Å²) in [6.07, 6.45) is -2.79. The smallest absolute Gasteiger partial charge is 0.299 e. The van der Waals surface area contributed by atoms with Gasteiger partial charge < -0.3 is 0 Å². The van der Waals surface area contributed by atoms with Crippen LogP contribution in [0.5, 0.6) is 0 Å². The van der Waals surface area contributed by atoms with Crippen molar-refractivity contribution in [3.8, 4) is 0 Å². The zero-order valence-corrected chi connectivity index (χ0v) is 12.5. The van der Waals surface area contributed by atoms with Crippen LogP contribution >= 0.6 is 0 Å². The van der Waals surface area contributed by atoms with Crippen molar-refractivity contribution >= 4 is 23.3 Å². The van der Waals surface area contributed by atoms with Crippen LogP contribution in [0.2, 0.25) is 0 Å². The predicted molar refractivity (Wildman–Crippen MR) is 76.8 cm³/mol. The number of Topliss-reactive ketones (excluding diaryl/α,β-unsaturated/α-hetero) is 1. The van der Waals surface area contributed by atoms with Gasteiger partial charge in [-0.3, -0.25) is 19.3 Å². The lowest BCUT2D eigenvalue weighted by Gasteiger charge is -2.41. The Morgan fingerprint density at radius 1 is 0.917 bits per heavy atom. The highest BCUT2D eigenvalue weighted by Crippen LogP contribution is 2.52. The van der Waals surface area contributed by atoms with Crippen molar-refractivity contribution in [3.05, 3.63) is 29.8 Å². The van der Waals surface area contributed by atoms with E-state index in [0.717, 1.165) is 35.6 Å². The minimum atomic E-state index is -4.48. The van der Waals surface area contributed by atoms with E-state index >= 15 is 0 Å². The maximum Gasteiger partial charge on any atom is 0.416 e. The Morgan fingerprint density at radius 3 is 2.12 bits per heavy atom. The normalized spacial score (nSPS) is 32.5. The number of benzene rings is 1. The summed E-state index contributed by atoms with van der Waals surface area (Å²) in [7, 11) is 0. The number of imide groups is 1. The highest BCUT2D eigenvalue weighted by atomic mass is 19.4. The van der Waals surface area contributed by atoms with Crippen LogP contribution in [-0.4, -0.2) is 17.6 Å². The van der Waals surface area contributed by atoms with Gasteiger partial charge >= 0.3 is 6.18 Å². The van der Waals surface area contributed by atoms with E-state index in [0.29, 0.717) is 12.8 Å². The number of nitrogens with zero attached hydrogens (tertiary/aromatic N) is 1. The first-order chi connectivity index (χ1) is 11.3. The Bertz CT molecular complexity index is 740. The van der Waals surface area contributed by atoms with Gasteiger partial charge in [0.25, 0.3) is 0 Å². The number of hydrogen-bond donors (Lipinski definition) is 0. The summed E-state index contributed by atoms with van der Waals surface area (Å²) < 4.78 is 38.0. The zero-order valence-electron chi connectivity index (χ0n) is 12.5. The monoisotopic (exact) mass is 337 g/mol. The second-order valence-corrected chi connectivity index (χ2v) is 6.72. The second kappa shape index (κ2) is 4.91. The van der Waals surface area contributed by atoms with Crippen molar-refractivity contribution in [2.45, 2.75) is 25.4 Å². The van der Waals surface area contributed by atoms with Gasteiger partial charge in [-0.15, -0.1) is 0 Å². The third kappa shape index (κ3) is 2.03. The number of amides is 2. The molecular weight excluding hydrogens is 323 g/mol. The molecule has 1 heterocycles. The van der Waals surface area contributed by atoms with Crippen molar-refractivity contribution in [2.24, 2.45) is 23.7 Å². The fourth-order valence-electron chi connectivity index (χ4n) is 4.44. The molecule has 126 valence electrons. The van der Waals surface area contributed by atoms with Crippen LogP contribution < -0.4 is 4.90 Å². The van der Waals surface area contributed by atoms with Gasteiger partial charge in [-0.1, -0.05) is 0 Å². The molecule has 1 aliphatic heterocycles. The molecular formula is C17H14F3NO3. The molecule has 0 N–H and O–H groups in total. The average molecular weight is 337 g/mol. The molecule has 3 aliphatic carbocycles. The van der Waals surface area contributed by atoms with E-state index in [4.69, 9.17) is 0 Å². The highest BCUT2D eigenvalue weighted by molar-refractivity contribution is 6.23. The minimum Gasteiger partial charge on any atom is -0.299 e. The minimum absolute atomic E-state index is 0.0305. The molecule has 7 heteroatoms. The first-order valence-electron chi connectivity index (χ1n) is 7.87. The molecule has 0 spiro atoms. The molecule has 24 heavy (non-hydrogen) atoms. The van der Waals surface area contributed by atoms with Crippen LogP contribution in [0.3, 0.4) is 0 Å². The lowest BCUT2D eigenvalue weighted by molar-refractivity contribution is -0.143. The Kier molecular flexibility index (Phi) is 3.14. The number of rotatable bonds is 1. The first kappa shape index (κ1) is 15.4. The van der Waals surface area contributed by atoms with Crippen molar-refractivity contribution in [3.63, 3.8) is 0 Å². The van der Waals surface area contributed by atoms with Gasteiger partial charge in [-0.05, 0) is 43.0 Å². The molecule has 4 fully saturated rings. The fraction of sp³-hybridized carbons (Fsp3) is 0.471. The zero-order chi connectivity index (χ0) is 17.2. The summed E-state index contributed by atoms with van der Waals surface area (Å²) in [6, 6.07) is 3.99. The van der Waals surface area contributed by atoms with E-state index in [9.17, 15) is 27.6 Å². The van der Waals surface area contributed by atoms with Gasteiger partial charge in [0.1, 0.15) is 5.78 Å². The van der Waals surface area contributed by atoms with Gasteiger partial charge in [0, 0.05) is 12.3 Å². The third-order valence-electron chi connectivity index (χ3n) is 5.52. The molecule has 4 atom stereocenters. The van der Waals surface area contributed by atoms with E-state index in [-0.39, 0.29) is 23.3 Å². The fourth-order valence-corrected chi connectivity index (χ4v) is 4.44. The number of carbonyl (C=O) groups excluding carboxylic acids is 3. The summed E-state index contributed by atoms with van der Waals surface area (Å²) in [5.74, 6) is -2.49. The van der Waals surface area contributed by atoms with E-state index < -0.39 is 35.4 Å². The Balaban J connectivity index is 1.69. The van der Waals surface area contributed by atoms with E-state index in [1.54, 1.807) is 0 Å². The molecule has 1 aromatic carbocycles. The van der Waals surface area contributed by atoms with Crippen molar-refractivity contribution < 1.29 is 27.6 Å². The van der Waals surface area contributed by atoms with Crippen LogP contribution in [0.25, 0.3) is 0 Å². The Labute approximate surface area is 135 Å². The summed E-state index contributed by atoms with van der Waals surface area (Å²) >= 11 is 0. The molecule has 0 radical (unpaired) electrons. The molecule has 2 amide bonds. The number of hydrogen-bond acceptors (Lipinski definition) is 3. The van der Waals surface area contributed by atoms with Crippen molar-refractivity contribution in [2.75, 3.05) is 4.90 Å². The van der Waals surface area contributed by atoms with Gasteiger partial charge in [-0.25, -0.2) is 0 Å². The molecule has 1 saturated heterocycles. The maximum absolute atomic E-state index is 12.7. The van der Waals surface area contributed by atoms with E-state index in [2.05, 4.69) is 0 Å². The van der Waals surface area contributed by atoms with E-state index in [1.165, 1.54) is 0 Å². The predicted octanol–water partition coefficient (Wildman–Crippen LogP) is 2.81. The SMILES string of the molecule is O=C1C[C@H]2CC[C@@H]1[C@H]1C(=O)N(c3ccc(C(F)(F)F)cc3)C(=O)[C@@H]21. The van der Waals surface area contributed by atoms with Crippen molar-refractivity contribution in [1.82, 2.24) is 0 Å². The molecule has 0 unspecified atom stereocenters. The van der Waals surface area contributed by atoms with Gasteiger partial charge in [-0.2, -0.15) is 13.2 Å². The topological polar surface area (TPSA) is 54.5 Å². The number of anilines is 1. The standard InChI is InChI=1S/C17H14F3NO3/c18-17(19,20)9-2-4-10(5-3-9)21-15(23)13-8-1-6-11(12(22)7-8)14(13)16(21)24/h2-5,8,11,13-14H,1,6-7H2/t8-,11+,13+,14-/m1/s1. The lowest BCUT2D eigenvalue weighted by atomic mass is 9.59. The first-order valence-corrected chi connectivity index (χ1v) is 7.87. The number of fused-ring (bicyclic) bond motifs is 2. The largest absolute Gasteiger partial charge is 0.416 e. The molecule has 4 aliphatic rings. The quantitative estimate of drug-likeness (QED) is 0.741. The van der Waals surface area contributed by atoms with Gasteiger partial charge in [0.2, 0.25) is 11.8 Å². The molecule has 2 bridgehead atoms. The van der Waals surface area contributed by atoms with Gasteiger partial charge in [0.05, 0.1) is 23.1 Å². The molecule has 1 aromatic rings. The molecule has 3 saturated carbocycles. The van der Waals surface area contributed by atoms with Gasteiger partial charge in [0.15, 0.2) is 0 Å². The molecule has 5 rings (SSSR count). The van der Waals surface area contributed by atoms with Crippen LogP contribution in [0.4, 0.5) is 18.9 Å². The number of ketones is 1. The second-order valence-electron chi connectivity index (χ2n) is 6.72. The summed E-state index contributed by atoms with van der Waals surface area (Å²) in [5.41, 5.74) is -0.697. The average Bonchev–Trinajstić information content (AvgIpc) is 2.80. The Morgan fingerprint density at radius 2 is 1.54 bits per heavy atom. The van der Waals surface area contributed by atoms with E-state index in [1.807, 2.05) is 0 Å². The molecule has 4 nitrogen and oxygen atoms in total. The highest BCUT2D eigenvalue weighted by Gasteiger charge is 2.60. The third-order valence-corrected chi connectivity index (χ3v) is 5.52. The van der Waals surface area contributed by atoms with Crippen molar-refractivity contribution in [1.29, 1.82) is 0 Å². The van der Waals surface area contributed by atoms with Crippen LogP contribution in [-0.2, 0) is 20.6 Å². The summed E-state index contributed by atoms with van der Waals surface area (Å²) in [5, 5.41) is 0.